The third-order valence-electron chi connectivity index (χ3n) is 2.41. The Balaban J connectivity index is 0.000000354. The SMILES string of the molecule is CC.CCCCN1OC1=O.N#CCCNc1ccccc1. The van der Waals surface area contributed by atoms with Gasteiger partial charge in [-0.2, -0.15) is 5.26 Å². The Morgan fingerprint density at radius 3 is 2.38 bits per heavy atom. The Morgan fingerprint density at radius 2 is 1.90 bits per heavy atom. The van der Waals surface area contributed by atoms with Crippen molar-refractivity contribution < 1.29 is 9.63 Å². The molecule has 0 radical (unpaired) electrons. The van der Waals surface area contributed by atoms with Gasteiger partial charge in [-0.15, -0.1) is 5.06 Å². The van der Waals surface area contributed by atoms with Crippen LogP contribution in [0.15, 0.2) is 30.3 Å². The minimum atomic E-state index is -0.182. The van der Waals surface area contributed by atoms with Crippen LogP contribution in [-0.4, -0.2) is 24.2 Å². The van der Waals surface area contributed by atoms with Crippen molar-refractivity contribution in [1.82, 2.24) is 5.06 Å². The number of rotatable bonds is 6. The fourth-order valence-corrected chi connectivity index (χ4v) is 1.33. The Kier molecular flexibility index (Phi) is 11.4. The first-order chi connectivity index (χ1) is 10.3. The minimum Gasteiger partial charge on any atom is -0.384 e. The number of benzene rings is 1. The summed E-state index contributed by atoms with van der Waals surface area (Å²) in [5.41, 5.74) is 1.07. The van der Waals surface area contributed by atoms with E-state index in [0.717, 1.165) is 31.6 Å². The van der Waals surface area contributed by atoms with Gasteiger partial charge < -0.3 is 10.2 Å². The van der Waals surface area contributed by atoms with Crippen molar-refractivity contribution in [1.29, 1.82) is 5.26 Å². The number of para-hydroxylation sites is 1. The van der Waals surface area contributed by atoms with Gasteiger partial charge in [-0.3, -0.25) is 0 Å². The second-order valence-corrected chi connectivity index (χ2v) is 4.01. The molecule has 5 heteroatoms. The van der Waals surface area contributed by atoms with E-state index in [1.807, 2.05) is 44.2 Å². The van der Waals surface area contributed by atoms with Gasteiger partial charge in [0.25, 0.3) is 0 Å². The monoisotopic (exact) mass is 291 g/mol. The molecule has 1 aliphatic rings. The predicted octanol–water partition coefficient (Wildman–Crippen LogP) is 4.19. The molecule has 1 aliphatic heterocycles. The number of carbonyl (C=O) groups excluding carboxylic acids is 1. The summed E-state index contributed by atoms with van der Waals surface area (Å²) < 4.78 is 0. The highest BCUT2D eigenvalue weighted by Crippen LogP contribution is 2.11. The number of anilines is 1. The fraction of sp³-hybridized carbons (Fsp3) is 0.500. The van der Waals surface area contributed by atoms with Crippen LogP contribution in [-0.2, 0) is 4.84 Å². The molecule has 0 unspecified atom stereocenters. The first kappa shape index (κ1) is 18.8. The maximum atomic E-state index is 10.1. The molecule has 0 aliphatic carbocycles. The summed E-state index contributed by atoms with van der Waals surface area (Å²) in [6, 6.07) is 11.9. The van der Waals surface area contributed by atoms with Crippen LogP contribution in [0.1, 0.15) is 40.0 Å². The zero-order valence-corrected chi connectivity index (χ0v) is 13.1. The molecule has 1 saturated heterocycles. The van der Waals surface area contributed by atoms with Crippen molar-refractivity contribution in [2.24, 2.45) is 0 Å². The second kappa shape index (κ2) is 12.8. The van der Waals surface area contributed by atoms with Crippen LogP contribution >= 0.6 is 0 Å². The van der Waals surface area contributed by atoms with Gasteiger partial charge in [0.15, 0.2) is 0 Å². The maximum absolute atomic E-state index is 10.1. The van der Waals surface area contributed by atoms with Crippen molar-refractivity contribution >= 4 is 11.8 Å². The van der Waals surface area contributed by atoms with E-state index in [-0.39, 0.29) is 6.09 Å². The standard InChI is InChI=1S/C9H10N2.C5H9NO2.C2H6/c10-7-4-8-11-9-5-2-1-3-6-9;1-2-3-4-6-5(7)8-6;1-2/h1-3,5-6,11H,4,8H2;2-4H2,1H3;1-2H3. The Labute approximate surface area is 127 Å². The van der Waals surface area contributed by atoms with Crippen molar-refractivity contribution in [3.05, 3.63) is 30.3 Å². The van der Waals surface area contributed by atoms with Crippen molar-refractivity contribution in [3.8, 4) is 6.07 Å². The average molecular weight is 291 g/mol. The summed E-state index contributed by atoms with van der Waals surface area (Å²) >= 11 is 0. The third kappa shape index (κ3) is 10.3. The molecule has 1 aromatic carbocycles. The Morgan fingerprint density at radius 1 is 1.29 bits per heavy atom. The van der Waals surface area contributed by atoms with Crippen LogP contribution < -0.4 is 5.32 Å². The summed E-state index contributed by atoms with van der Waals surface area (Å²) in [6.45, 7) is 7.56. The smallest absolute Gasteiger partial charge is 0.384 e. The number of hydrogen-bond acceptors (Lipinski definition) is 4. The number of amides is 1. The van der Waals surface area contributed by atoms with Gasteiger partial charge in [-0.1, -0.05) is 45.4 Å². The van der Waals surface area contributed by atoms with Gasteiger partial charge in [0.05, 0.1) is 19.0 Å². The molecule has 5 nitrogen and oxygen atoms in total. The number of nitrogens with one attached hydrogen (secondary N) is 1. The number of carbonyl (C=O) groups is 1. The lowest BCUT2D eigenvalue weighted by Gasteiger charge is -2.01. The number of hydrogen-bond donors (Lipinski definition) is 1. The second-order valence-electron chi connectivity index (χ2n) is 4.01. The zero-order valence-electron chi connectivity index (χ0n) is 13.1. The van der Waals surface area contributed by atoms with Crippen LogP contribution in [0.4, 0.5) is 10.5 Å². The van der Waals surface area contributed by atoms with Crippen LogP contribution in [0.5, 0.6) is 0 Å². The van der Waals surface area contributed by atoms with Crippen LogP contribution in [0.3, 0.4) is 0 Å². The van der Waals surface area contributed by atoms with Crippen LogP contribution in [0.25, 0.3) is 0 Å². The normalized spacial score (nSPS) is 11.0. The molecule has 1 amide bonds. The van der Waals surface area contributed by atoms with Crippen molar-refractivity contribution in [2.75, 3.05) is 18.4 Å². The quantitative estimate of drug-likeness (QED) is 0.630. The lowest BCUT2D eigenvalue weighted by atomic mass is 10.3. The highest BCUT2D eigenvalue weighted by atomic mass is 16.9. The topological polar surface area (TPSA) is 68.4 Å². The van der Waals surface area contributed by atoms with Gasteiger partial charge in [0.2, 0.25) is 0 Å². The van der Waals surface area contributed by atoms with E-state index >= 15 is 0 Å². The van der Waals surface area contributed by atoms with Gasteiger partial charge in [-0.05, 0) is 18.6 Å². The van der Waals surface area contributed by atoms with Crippen LogP contribution in [0.2, 0.25) is 0 Å². The molecule has 0 bridgehead atoms. The highest BCUT2D eigenvalue weighted by Gasteiger charge is 2.32. The molecule has 0 atom stereocenters. The average Bonchev–Trinajstić information content (AvgIpc) is 3.25. The van der Waals surface area contributed by atoms with E-state index in [2.05, 4.69) is 23.1 Å². The third-order valence-corrected chi connectivity index (χ3v) is 2.41. The molecule has 1 aromatic rings. The summed E-state index contributed by atoms with van der Waals surface area (Å²) in [6.07, 6.45) is 2.51. The molecular weight excluding hydrogens is 266 g/mol. The molecule has 1 heterocycles. The minimum absolute atomic E-state index is 0.182. The fourth-order valence-electron chi connectivity index (χ4n) is 1.33. The Bertz CT molecular complexity index is 415. The Hall–Kier alpha value is -2.22. The molecule has 0 spiro atoms. The van der Waals surface area contributed by atoms with E-state index in [1.165, 1.54) is 5.06 Å². The lowest BCUT2D eigenvalue weighted by molar-refractivity contribution is 0.197. The van der Waals surface area contributed by atoms with Gasteiger partial charge in [0.1, 0.15) is 0 Å². The lowest BCUT2D eigenvalue weighted by Crippen LogP contribution is -1.99. The van der Waals surface area contributed by atoms with E-state index in [4.69, 9.17) is 5.26 Å². The molecule has 1 N–H and O–H groups in total. The molecule has 0 aromatic heterocycles. The van der Waals surface area contributed by atoms with Crippen LogP contribution in [0, 0.1) is 11.3 Å². The predicted molar refractivity (Wildman–Crippen MR) is 84.6 cm³/mol. The first-order valence-corrected chi connectivity index (χ1v) is 7.43. The zero-order chi connectivity index (χ0) is 15.9. The van der Waals surface area contributed by atoms with Gasteiger partial charge in [-0.25, -0.2) is 4.79 Å². The molecule has 0 saturated carbocycles. The summed E-state index contributed by atoms with van der Waals surface area (Å²) in [7, 11) is 0. The van der Waals surface area contributed by atoms with E-state index in [9.17, 15) is 4.79 Å². The van der Waals surface area contributed by atoms with E-state index < -0.39 is 0 Å². The summed E-state index contributed by atoms with van der Waals surface area (Å²) in [4.78, 5) is 14.5. The molecule has 21 heavy (non-hydrogen) atoms. The maximum Gasteiger partial charge on any atom is 0.468 e. The van der Waals surface area contributed by atoms with Crippen molar-refractivity contribution in [3.63, 3.8) is 0 Å². The van der Waals surface area contributed by atoms with Crippen molar-refractivity contribution in [2.45, 2.75) is 40.0 Å². The first-order valence-electron chi connectivity index (χ1n) is 7.43. The highest BCUT2D eigenvalue weighted by molar-refractivity contribution is 5.76. The number of hydroxylamine groups is 2. The molecule has 116 valence electrons. The molecular formula is C16H25N3O2. The van der Waals surface area contributed by atoms with E-state index in [1.54, 1.807) is 0 Å². The molecule has 2 rings (SSSR count). The van der Waals surface area contributed by atoms with E-state index in [0.29, 0.717) is 6.42 Å². The number of nitriles is 1. The summed E-state index contributed by atoms with van der Waals surface area (Å²) in [5, 5.41) is 12.7. The summed E-state index contributed by atoms with van der Waals surface area (Å²) in [5.74, 6) is 0. The largest absolute Gasteiger partial charge is 0.468 e. The number of unbranched alkanes of at least 4 members (excludes halogenated alkanes) is 1. The number of nitrogens with zero attached hydrogens (tertiary/aromatic N) is 2. The van der Waals surface area contributed by atoms with Gasteiger partial charge in [0, 0.05) is 12.2 Å². The van der Waals surface area contributed by atoms with Gasteiger partial charge >= 0.3 is 6.09 Å². The molecule has 1 fully saturated rings.